The normalized spacial score (nSPS) is 27.4. The lowest BCUT2D eigenvalue weighted by atomic mass is 9.56. The third-order valence-corrected chi connectivity index (χ3v) is 8.02. The second-order valence-corrected chi connectivity index (χ2v) is 10.6. The Balaban J connectivity index is 1.62. The molecule has 1 saturated carbocycles. The lowest BCUT2D eigenvalue weighted by molar-refractivity contribution is -0.0611. The molecule has 0 radical (unpaired) electrons. The van der Waals surface area contributed by atoms with E-state index in [2.05, 4.69) is 43.2 Å². The SMILES string of the molecule is CC[C@@]12CC[C@](O)(CC(C)C)C[C@@H]1CCCc1cc(C(=O)Nc3cccnc3C)ccc12. The van der Waals surface area contributed by atoms with Crippen LogP contribution in [0.5, 0.6) is 0 Å². The number of benzene rings is 1. The number of hydrogen-bond acceptors (Lipinski definition) is 3. The lowest BCUT2D eigenvalue weighted by Gasteiger charge is -2.50. The second kappa shape index (κ2) is 8.97. The Bertz CT molecular complexity index is 985. The number of rotatable bonds is 5. The average Bonchev–Trinajstić information content (AvgIpc) is 2.90. The van der Waals surface area contributed by atoms with Crippen LogP contribution in [0.1, 0.15) is 92.9 Å². The van der Waals surface area contributed by atoms with Crippen molar-refractivity contribution in [2.45, 2.75) is 90.1 Å². The van der Waals surface area contributed by atoms with Gasteiger partial charge in [0.05, 0.1) is 17.0 Å². The quantitative estimate of drug-likeness (QED) is 0.588. The summed E-state index contributed by atoms with van der Waals surface area (Å²) < 4.78 is 0. The molecule has 1 fully saturated rings. The van der Waals surface area contributed by atoms with Gasteiger partial charge in [-0.2, -0.15) is 0 Å². The van der Waals surface area contributed by atoms with E-state index in [1.165, 1.54) is 11.1 Å². The molecule has 1 aromatic carbocycles. The Morgan fingerprint density at radius 2 is 2.09 bits per heavy atom. The summed E-state index contributed by atoms with van der Waals surface area (Å²) >= 11 is 0. The number of nitrogens with zero attached hydrogens (tertiary/aromatic N) is 1. The molecular weight excluding hydrogens is 396 g/mol. The van der Waals surface area contributed by atoms with Crippen LogP contribution in [0.15, 0.2) is 36.5 Å². The third-order valence-electron chi connectivity index (χ3n) is 8.02. The molecule has 2 aliphatic rings. The van der Waals surface area contributed by atoms with Crippen LogP contribution < -0.4 is 5.32 Å². The molecule has 0 spiro atoms. The number of fused-ring (bicyclic) bond motifs is 3. The van der Waals surface area contributed by atoms with E-state index in [4.69, 9.17) is 0 Å². The fourth-order valence-corrected chi connectivity index (χ4v) is 6.53. The van der Waals surface area contributed by atoms with Crippen molar-refractivity contribution in [1.29, 1.82) is 0 Å². The molecule has 3 atom stereocenters. The van der Waals surface area contributed by atoms with E-state index >= 15 is 0 Å². The molecule has 1 aromatic heterocycles. The number of nitrogens with one attached hydrogen (secondary N) is 1. The van der Waals surface area contributed by atoms with Gasteiger partial charge in [-0.25, -0.2) is 0 Å². The van der Waals surface area contributed by atoms with Crippen LogP contribution in [-0.2, 0) is 11.8 Å². The van der Waals surface area contributed by atoms with Crippen LogP contribution in [0.3, 0.4) is 0 Å². The predicted octanol–water partition coefficient (Wildman–Crippen LogP) is 6.20. The molecule has 172 valence electrons. The summed E-state index contributed by atoms with van der Waals surface area (Å²) in [5.74, 6) is 0.936. The molecule has 32 heavy (non-hydrogen) atoms. The molecule has 0 bridgehead atoms. The van der Waals surface area contributed by atoms with Gasteiger partial charge in [0, 0.05) is 11.8 Å². The zero-order chi connectivity index (χ0) is 22.9. The van der Waals surface area contributed by atoms with Crippen LogP contribution in [-0.4, -0.2) is 21.6 Å². The number of carbonyl (C=O) groups is 1. The van der Waals surface area contributed by atoms with E-state index in [1.54, 1.807) is 6.20 Å². The van der Waals surface area contributed by atoms with Crippen molar-refractivity contribution in [3.05, 3.63) is 58.9 Å². The van der Waals surface area contributed by atoms with Gasteiger partial charge in [-0.05, 0) is 111 Å². The Morgan fingerprint density at radius 3 is 2.81 bits per heavy atom. The Kier molecular flexibility index (Phi) is 6.44. The van der Waals surface area contributed by atoms with E-state index < -0.39 is 5.60 Å². The van der Waals surface area contributed by atoms with Gasteiger partial charge in [-0.3, -0.25) is 9.78 Å². The van der Waals surface area contributed by atoms with Gasteiger partial charge in [0.25, 0.3) is 5.91 Å². The van der Waals surface area contributed by atoms with Gasteiger partial charge in [-0.1, -0.05) is 26.8 Å². The molecule has 0 unspecified atom stereocenters. The van der Waals surface area contributed by atoms with Crippen LogP contribution in [0, 0.1) is 18.8 Å². The molecule has 0 aliphatic heterocycles. The minimum absolute atomic E-state index is 0.0785. The number of carbonyl (C=O) groups excluding carboxylic acids is 1. The standard InChI is InChI=1S/C28H38N2O2/c1-5-28-14-13-27(32,17-19(2)3)18-23(28)9-6-8-21-16-22(11-12-24(21)28)26(31)30-25-10-7-15-29-20(25)4/h7,10-12,15-16,19,23,32H,5-6,8-9,13-14,17-18H2,1-4H3,(H,30,31)/t23-,27-,28+/m0/s1. The molecular formula is C28H38N2O2. The monoisotopic (exact) mass is 434 g/mol. The molecule has 1 heterocycles. The van der Waals surface area contributed by atoms with E-state index in [0.29, 0.717) is 17.4 Å². The topological polar surface area (TPSA) is 62.2 Å². The van der Waals surface area contributed by atoms with Gasteiger partial charge in [0.15, 0.2) is 0 Å². The summed E-state index contributed by atoms with van der Waals surface area (Å²) in [6.07, 6.45) is 9.79. The maximum atomic E-state index is 13.0. The van der Waals surface area contributed by atoms with Crippen molar-refractivity contribution in [3.8, 4) is 0 Å². The summed E-state index contributed by atoms with van der Waals surface area (Å²) in [4.78, 5) is 17.3. The Labute approximate surface area is 192 Å². The summed E-state index contributed by atoms with van der Waals surface area (Å²) in [6.45, 7) is 8.63. The molecule has 2 aromatic rings. The average molecular weight is 435 g/mol. The second-order valence-electron chi connectivity index (χ2n) is 10.6. The molecule has 1 amide bonds. The van der Waals surface area contributed by atoms with Crippen molar-refractivity contribution < 1.29 is 9.90 Å². The van der Waals surface area contributed by atoms with E-state index in [1.807, 2.05) is 25.1 Å². The zero-order valence-electron chi connectivity index (χ0n) is 20.1. The summed E-state index contributed by atoms with van der Waals surface area (Å²) in [7, 11) is 0. The molecule has 4 rings (SSSR count). The number of anilines is 1. The van der Waals surface area contributed by atoms with E-state index in [9.17, 15) is 9.90 Å². The highest BCUT2D eigenvalue weighted by Gasteiger charge is 2.49. The highest BCUT2D eigenvalue weighted by molar-refractivity contribution is 6.04. The molecule has 0 saturated heterocycles. The van der Waals surface area contributed by atoms with Gasteiger partial charge in [-0.15, -0.1) is 0 Å². The van der Waals surface area contributed by atoms with Crippen molar-refractivity contribution >= 4 is 11.6 Å². The highest BCUT2D eigenvalue weighted by Crippen LogP contribution is 2.54. The first-order valence-corrected chi connectivity index (χ1v) is 12.3. The number of aromatic nitrogens is 1. The fourth-order valence-electron chi connectivity index (χ4n) is 6.53. The summed E-state index contributed by atoms with van der Waals surface area (Å²) in [6, 6.07) is 10.1. The van der Waals surface area contributed by atoms with Crippen molar-refractivity contribution in [1.82, 2.24) is 4.98 Å². The Morgan fingerprint density at radius 1 is 1.28 bits per heavy atom. The summed E-state index contributed by atoms with van der Waals surface area (Å²) in [5.41, 5.74) is 4.62. The first kappa shape index (κ1) is 23.0. The van der Waals surface area contributed by atoms with Gasteiger partial charge >= 0.3 is 0 Å². The number of amides is 1. The molecule has 2 aliphatic carbocycles. The van der Waals surface area contributed by atoms with Crippen molar-refractivity contribution in [2.24, 2.45) is 11.8 Å². The predicted molar refractivity (Wildman–Crippen MR) is 130 cm³/mol. The minimum atomic E-state index is -0.524. The number of aryl methyl sites for hydroxylation is 2. The first-order valence-electron chi connectivity index (χ1n) is 12.3. The van der Waals surface area contributed by atoms with Crippen molar-refractivity contribution in [3.63, 3.8) is 0 Å². The maximum absolute atomic E-state index is 13.0. The molecule has 2 N–H and O–H groups in total. The lowest BCUT2D eigenvalue weighted by Crippen LogP contribution is -2.48. The third kappa shape index (κ3) is 4.34. The number of aliphatic hydroxyl groups is 1. The minimum Gasteiger partial charge on any atom is -0.390 e. The van der Waals surface area contributed by atoms with Crippen LogP contribution >= 0.6 is 0 Å². The largest absolute Gasteiger partial charge is 0.390 e. The summed E-state index contributed by atoms with van der Waals surface area (Å²) in [5, 5.41) is 14.4. The number of pyridine rings is 1. The fraction of sp³-hybridized carbons (Fsp3) is 0.571. The van der Waals surface area contributed by atoms with E-state index in [-0.39, 0.29) is 11.3 Å². The van der Waals surface area contributed by atoms with Gasteiger partial charge in [0.2, 0.25) is 0 Å². The first-order chi connectivity index (χ1) is 15.3. The molecule has 4 nitrogen and oxygen atoms in total. The van der Waals surface area contributed by atoms with Crippen LogP contribution in [0.2, 0.25) is 0 Å². The van der Waals surface area contributed by atoms with Crippen molar-refractivity contribution in [2.75, 3.05) is 5.32 Å². The zero-order valence-corrected chi connectivity index (χ0v) is 20.1. The van der Waals surface area contributed by atoms with Crippen LogP contribution in [0.4, 0.5) is 5.69 Å². The van der Waals surface area contributed by atoms with E-state index in [0.717, 1.165) is 62.7 Å². The maximum Gasteiger partial charge on any atom is 0.255 e. The highest BCUT2D eigenvalue weighted by atomic mass is 16.3. The smallest absolute Gasteiger partial charge is 0.255 e. The molecule has 4 heteroatoms. The van der Waals surface area contributed by atoms with Gasteiger partial charge < -0.3 is 10.4 Å². The number of hydrogen-bond donors (Lipinski definition) is 2. The Hall–Kier alpha value is -2.20. The van der Waals surface area contributed by atoms with Crippen LogP contribution in [0.25, 0.3) is 0 Å². The van der Waals surface area contributed by atoms with Gasteiger partial charge in [0.1, 0.15) is 0 Å².